The lowest BCUT2D eigenvalue weighted by Gasteiger charge is -2.21. The van der Waals surface area contributed by atoms with E-state index < -0.39 is 57.8 Å². The third-order valence-electron chi connectivity index (χ3n) is 10.3. The number of rotatable bonds is 46. The second kappa shape index (κ2) is 48.1. The molecule has 11 nitrogen and oxygen atoms in total. The van der Waals surface area contributed by atoms with Gasteiger partial charge in [0.15, 0.2) is 6.10 Å². The molecule has 0 saturated heterocycles. The van der Waals surface area contributed by atoms with Crippen molar-refractivity contribution in [1.29, 1.82) is 0 Å². The number of esters is 3. The highest BCUT2D eigenvalue weighted by atomic mass is 31.2. The zero-order valence-electron chi connectivity index (χ0n) is 41.4. The summed E-state index contributed by atoms with van der Waals surface area (Å²) in [7, 11) is -4.76. The smallest absolute Gasteiger partial charge is 0.462 e. The Morgan fingerprint density at radius 1 is 0.439 bits per heavy atom. The van der Waals surface area contributed by atoms with E-state index in [0.29, 0.717) is 25.7 Å². The van der Waals surface area contributed by atoms with E-state index in [1.165, 1.54) is 32.1 Å². The molecule has 0 aliphatic heterocycles. The van der Waals surface area contributed by atoms with E-state index in [0.717, 1.165) is 103 Å². The van der Waals surface area contributed by atoms with Crippen molar-refractivity contribution in [2.75, 3.05) is 26.4 Å². The first-order valence-electron chi connectivity index (χ1n) is 25.5. The molecule has 0 spiro atoms. The van der Waals surface area contributed by atoms with Crippen molar-refractivity contribution in [1.82, 2.24) is 0 Å². The van der Waals surface area contributed by atoms with Crippen LogP contribution < -0.4 is 0 Å². The summed E-state index contributed by atoms with van der Waals surface area (Å²) in [6.45, 7) is 4.33. The van der Waals surface area contributed by atoms with Gasteiger partial charge >= 0.3 is 25.7 Å². The Balaban J connectivity index is 4.81. The van der Waals surface area contributed by atoms with Gasteiger partial charge in [0.25, 0.3) is 0 Å². The highest BCUT2D eigenvalue weighted by Crippen LogP contribution is 2.43. The van der Waals surface area contributed by atoms with E-state index in [9.17, 15) is 28.9 Å². The number of carbonyl (C=O) groups excluding carboxylic acids is 3. The van der Waals surface area contributed by atoms with Gasteiger partial charge in [-0.3, -0.25) is 23.4 Å². The summed E-state index contributed by atoms with van der Waals surface area (Å²) in [5.74, 6) is -1.56. The Hall–Kier alpha value is -3.34. The molecule has 0 saturated carbocycles. The highest BCUT2D eigenvalue weighted by molar-refractivity contribution is 7.47. The summed E-state index contributed by atoms with van der Waals surface area (Å²) in [5.41, 5.74) is 0. The molecule has 3 unspecified atom stereocenters. The minimum absolute atomic E-state index is 0.0864. The van der Waals surface area contributed by atoms with Crippen LogP contribution in [0.1, 0.15) is 201 Å². The second-order valence-electron chi connectivity index (χ2n) is 16.6. The Morgan fingerprint density at radius 2 is 0.833 bits per heavy atom. The molecule has 3 atom stereocenters. The van der Waals surface area contributed by atoms with Crippen LogP contribution in [0.3, 0.4) is 0 Å². The summed E-state index contributed by atoms with van der Waals surface area (Å²) >= 11 is 0. The fraction of sp³-hybridized carbons (Fsp3) is 0.685. The average molecular weight is 947 g/mol. The van der Waals surface area contributed by atoms with Crippen LogP contribution in [0.25, 0.3) is 0 Å². The topological polar surface area (TPSA) is 155 Å². The number of phosphoric acid groups is 1. The number of unbranched alkanes of at least 4 members (excludes halogenated alkanes) is 15. The Bertz CT molecular complexity index is 1430. The average Bonchev–Trinajstić information content (AvgIpc) is 3.30. The van der Waals surface area contributed by atoms with E-state index in [4.69, 9.17) is 23.3 Å². The molecule has 2 N–H and O–H groups in total. The van der Waals surface area contributed by atoms with Crippen molar-refractivity contribution in [3.05, 3.63) is 85.1 Å². The van der Waals surface area contributed by atoms with Gasteiger partial charge in [0.2, 0.25) is 0 Å². The zero-order chi connectivity index (χ0) is 48.4. The third kappa shape index (κ3) is 45.8. The van der Waals surface area contributed by atoms with E-state index >= 15 is 0 Å². The Kier molecular flexibility index (Phi) is 45.7. The second-order valence-corrected chi connectivity index (χ2v) is 18.1. The molecule has 0 rings (SSSR count). The molecule has 0 aromatic rings. The van der Waals surface area contributed by atoms with Crippen molar-refractivity contribution < 1.29 is 52.2 Å². The molecule has 0 radical (unpaired) electrons. The Morgan fingerprint density at radius 3 is 1.33 bits per heavy atom. The normalized spacial score (nSPS) is 14.2. The van der Waals surface area contributed by atoms with Crippen molar-refractivity contribution in [2.45, 2.75) is 213 Å². The Labute approximate surface area is 400 Å². The van der Waals surface area contributed by atoms with Crippen LogP contribution in [0.5, 0.6) is 0 Å². The maximum atomic E-state index is 12.8. The van der Waals surface area contributed by atoms with Gasteiger partial charge in [-0.25, -0.2) is 4.57 Å². The van der Waals surface area contributed by atoms with Crippen molar-refractivity contribution in [2.24, 2.45) is 0 Å². The first-order valence-corrected chi connectivity index (χ1v) is 27.0. The van der Waals surface area contributed by atoms with Crippen LogP contribution in [0.15, 0.2) is 85.1 Å². The number of aliphatic hydroxyl groups is 1. The molecule has 66 heavy (non-hydrogen) atoms. The van der Waals surface area contributed by atoms with Crippen molar-refractivity contribution in [3.8, 4) is 0 Å². The van der Waals surface area contributed by atoms with Gasteiger partial charge in [0.1, 0.15) is 12.7 Å². The van der Waals surface area contributed by atoms with Gasteiger partial charge < -0.3 is 24.2 Å². The number of hydrogen-bond acceptors (Lipinski definition) is 10. The maximum Gasteiger partial charge on any atom is 0.472 e. The zero-order valence-corrected chi connectivity index (χ0v) is 42.3. The van der Waals surface area contributed by atoms with Crippen LogP contribution in [-0.2, 0) is 42.2 Å². The molecule has 0 aromatic heterocycles. The molecule has 12 heteroatoms. The number of phosphoric ester groups is 1. The molecular weight excluding hydrogens is 856 g/mol. The van der Waals surface area contributed by atoms with Crippen LogP contribution in [-0.4, -0.2) is 66.5 Å². The first-order chi connectivity index (χ1) is 32.2. The minimum atomic E-state index is -4.76. The number of hydrogen-bond donors (Lipinski definition) is 2. The fourth-order valence-corrected chi connectivity index (χ4v) is 7.21. The largest absolute Gasteiger partial charge is 0.472 e. The lowest BCUT2D eigenvalue weighted by atomic mass is 10.1. The van der Waals surface area contributed by atoms with E-state index in [2.05, 4.69) is 93.7 Å². The number of allylic oxidation sites excluding steroid dienone is 14. The van der Waals surface area contributed by atoms with E-state index in [-0.39, 0.29) is 25.9 Å². The van der Waals surface area contributed by atoms with Crippen molar-refractivity contribution in [3.63, 3.8) is 0 Å². The maximum absolute atomic E-state index is 12.8. The quantitative estimate of drug-likeness (QED) is 0.0197. The monoisotopic (exact) mass is 947 g/mol. The molecule has 0 aliphatic rings. The van der Waals surface area contributed by atoms with Crippen molar-refractivity contribution >= 4 is 25.7 Å². The number of aliphatic hydroxyl groups excluding tert-OH is 1. The lowest BCUT2D eigenvalue weighted by Crippen LogP contribution is -2.30. The SMILES string of the molecule is CC/C=C\C/C=C\C/C=C\C/C=C\C/C=C\CCCC(=O)OC(COC(=O)CCCCCCCCCCC)COP(=O)(O)OCC(CO)OC(=O)CCCCCCC/C=C\C/C=C\CCC. The minimum Gasteiger partial charge on any atom is -0.462 e. The molecular formula is C54H91O11P. The van der Waals surface area contributed by atoms with Gasteiger partial charge in [-0.15, -0.1) is 0 Å². The van der Waals surface area contributed by atoms with Gasteiger partial charge in [0.05, 0.1) is 19.8 Å². The van der Waals surface area contributed by atoms with Crippen LogP contribution in [0.4, 0.5) is 0 Å². The standard InChI is InChI=1S/C54H91O11P/c1-4-7-10-13-16-19-21-23-24-25-26-28-30-33-36-39-42-45-54(58)65-51(47-61-52(56)43-40-37-34-31-18-15-12-9-6-3)49-63-66(59,60)62-48-50(46-55)64-53(57)44-41-38-35-32-29-27-22-20-17-14-11-8-5-2/h7,10-11,14,16,19-20,22-24,26,28,33,36,50-51,55H,4-6,8-9,12-13,15,17-18,21,25,27,29-32,34-35,37-49H2,1-3H3,(H,59,60)/b10-7-,14-11-,19-16-,22-20-,24-23-,28-26-,36-33-. The summed E-state index contributed by atoms with van der Waals surface area (Å²) in [5, 5.41) is 9.76. The van der Waals surface area contributed by atoms with Gasteiger partial charge in [-0.1, -0.05) is 183 Å². The predicted molar refractivity (Wildman–Crippen MR) is 270 cm³/mol. The summed E-state index contributed by atoms with van der Waals surface area (Å²) < 4.78 is 39.2. The molecule has 0 fully saturated rings. The first kappa shape index (κ1) is 62.7. The predicted octanol–water partition coefficient (Wildman–Crippen LogP) is 14.4. The molecule has 0 amide bonds. The third-order valence-corrected chi connectivity index (χ3v) is 11.2. The molecule has 0 aliphatic carbocycles. The number of ether oxygens (including phenoxy) is 3. The van der Waals surface area contributed by atoms with Crippen LogP contribution >= 0.6 is 7.82 Å². The summed E-state index contributed by atoms with van der Waals surface area (Å²) in [6, 6.07) is 0. The van der Waals surface area contributed by atoms with Gasteiger partial charge in [-0.05, 0) is 83.5 Å². The van der Waals surface area contributed by atoms with Gasteiger partial charge in [-0.2, -0.15) is 0 Å². The summed E-state index contributed by atoms with van der Waals surface area (Å²) in [4.78, 5) is 48.2. The molecule has 378 valence electrons. The molecule has 0 heterocycles. The van der Waals surface area contributed by atoms with Crippen LogP contribution in [0, 0.1) is 0 Å². The number of carbonyl (C=O) groups is 3. The molecule has 0 bridgehead atoms. The molecule has 0 aromatic carbocycles. The van der Waals surface area contributed by atoms with E-state index in [1.54, 1.807) is 0 Å². The highest BCUT2D eigenvalue weighted by Gasteiger charge is 2.28. The van der Waals surface area contributed by atoms with E-state index in [1.807, 2.05) is 12.2 Å². The fourth-order valence-electron chi connectivity index (χ4n) is 6.43. The van der Waals surface area contributed by atoms with Gasteiger partial charge in [0, 0.05) is 19.3 Å². The summed E-state index contributed by atoms with van der Waals surface area (Å²) in [6.07, 6.45) is 52.8. The lowest BCUT2D eigenvalue weighted by molar-refractivity contribution is -0.161. The van der Waals surface area contributed by atoms with Crippen LogP contribution in [0.2, 0.25) is 0 Å².